The van der Waals surface area contributed by atoms with Crippen LogP contribution in [0.2, 0.25) is 0 Å². The van der Waals surface area contributed by atoms with Crippen molar-refractivity contribution in [2.45, 2.75) is 13.3 Å². The van der Waals surface area contributed by atoms with Gasteiger partial charge in [-0.25, -0.2) is 0 Å². The molecule has 0 fully saturated rings. The van der Waals surface area contributed by atoms with Crippen LogP contribution in [0.4, 0.5) is 5.69 Å². The molecule has 0 N–H and O–H groups in total. The molecule has 0 aromatic heterocycles. The van der Waals surface area contributed by atoms with Crippen LogP contribution >= 0.6 is 0 Å². The standard InChI is InChI=1S/C15H13NO3/c1-2-11-3-5-12(6-4-11)15-8-7-14(16(18)19)9-13(15)10-17/h3-10H,2H2,1H3. The first-order valence-corrected chi connectivity index (χ1v) is 5.98. The van der Waals surface area contributed by atoms with Crippen molar-refractivity contribution in [1.82, 2.24) is 0 Å². The van der Waals surface area contributed by atoms with Crippen LogP contribution in [0.15, 0.2) is 42.5 Å². The number of rotatable bonds is 4. The Morgan fingerprint density at radius 2 is 1.84 bits per heavy atom. The third-order valence-electron chi connectivity index (χ3n) is 3.05. The average molecular weight is 255 g/mol. The van der Waals surface area contributed by atoms with Crippen LogP contribution in [0, 0.1) is 10.1 Å². The zero-order valence-electron chi connectivity index (χ0n) is 10.5. The van der Waals surface area contributed by atoms with Crippen LogP contribution in [0.1, 0.15) is 22.8 Å². The maximum absolute atomic E-state index is 11.1. The van der Waals surface area contributed by atoms with E-state index >= 15 is 0 Å². The number of non-ortho nitro benzene ring substituents is 1. The molecule has 4 nitrogen and oxygen atoms in total. The molecule has 0 saturated heterocycles. The highest BCUT2D eigenvalue weighted by molar-refractivity contribution is 5.88. The highest BCUT2D eigenvalue weighted by Crippen LogP contribution is 2.26. The van der Waals surface area contributed by atoms with E-state index in [0.29, 0.717) is 17.4 Å². The molecule has 0 unspecified atom stereocenters. The molecule has 2 aromatic rings. The van der Waals surface area contributed by atoms with Gasteiger partial charge in [-0.15, -0.1) is 0 Å². The van der Waals surface area contributed by atoms with Crippen LogP contribution in [0.3, 0.4) is 0 Å². The maximum Gasteiger partial charge on any atom is 0.270 e. The van der Waals surface area contributed by atoms with Crippen molar-refractivity contribution in [3.63, 3.8) is 0 Å². The molecular formula is C15H13NO3. The first-order valence-electron chi connectivity index (χ1n) is 5.98. The van der Waals surface area contributed by atoms with Crippen LogP contribution in [0.5, 0.6) is 0 Å². The number of carbonyl (C=O) groups is 1. The van der Waals surface area contributed by atoms with Gasteiger partial charge in [0.1, 0.15) is 0 Å². The summed E-state index contributed by atoms with van der Waals surface area (Å²) in [5.74, 6) is 0. The van der Waals surface area contributed by atoms with Crippen molar-refractivity contribution in [3.8, 4) is 11.1 Å². The van der Waals surface area contributed by atoms with Gasteiger partial charge in [0.2, 0.25) is 0 Å². The molecule has 0 bridgehead atoms. The normalized spacial score (nSPS) is 10.2. The third kappa shape index (κ3) is 2.68. The topological polar surface area (TPSA) is 60.2 Å². The van der Waals surface area contributed by atoms with E-state index in [1.165, 1.54) is 17.7 Å². The highest BCUT2D eigenvalue weighted by Gasteiger charge is 2.11. The number of nitrogens with zero attached hydrogens (tertiary/aromatic N) is 1. The summed E-state index contributed by atoms with van der Waals surface area (Å²) in [7, 11) is 0. The number of benzene rings is 2. The molecule has 0 aliphatic carbocycles. The number of nitro benzene ring substituents is 1. The molecule has 0 atom stereocenters. The summed E-state index contributed by atoms with van der Waals surface area (Å²) >= 11 is 0. The quantitative estimate of drug-likeness (QED) is 0.476. The first-order chi connectivity index (χ1) is 9.15. The van der Waals surface area contributed by atoms with E-state index < -0.39 is 4.92 Å². The predicted octanol–water partition coefficient (Wildman–Crippen LogP) is 3.64. The molecule has 0 heterocycles. The molecule has 19 heavy (non-hydrogen) atoms. The number of nitro groups is 1. The van der Waals surface area contributed by atoms with E-state index in [9.17, 15) is 14.9 Å². The van der Waals surface area contributed by atoms with Crippen molar-refractivity contribution >= 4 is 12.0 Å². The summed E-state index contributed by atoms with van der Waals surface area (Å²) in [6, 6.07) is 12.2. The Balaban J connectivity index is 2.48. The van der Waals surface area contributed by atoms with E-state index in [4.69, 9.17) is 0 Å². The van der Waals surface area contributed by atoms with Crippen molar-refractivity contribution in [2.24, 2.45) is 0 Å². The lowest BCUT2D eigenvalue weighted by atomic mass is 9.98. The van der Waals surface area contributed by atoms with E-state index in [1.54, 1.807) is 6.07 Å². The van der Waals surface area contributed by atoms with Gasteiger partial charge in [-0.2, -0.15) is 0 Å². The molecule has 2 rings (SSSR count). The molecule has 0 radical (unpaired) electrons. The highest BCUT2D eigenvalue weighted by atomic mass is 16.6. The Labute approximate surface area is 110 Å². The van der Waals surface area contributed by atoms with Crippen molar-refractivity contribution < 1.29 is 9.72 Å². The lowest BCUT2D eigenvalue weighted by molar-refractivity contribution is -0.384. The Kier molecular flexibility index (Phi) is 3.71. The van der Waals surface area contributed by atoms with Crippen LogP contribution in [-0.4, -0.2) is 11.2 Å². The first kappa shape index (κ1) is 13.0. The van der Waals surface area contributed by atoms with Gasteiger partial charge in [-0.05, 0) is 29.2 Å². The molecule has 4 heteroatoms. The Hall–Kier alpha value is -2.49. The van der Waals surface area contributed by atoms with E-state index in [2.05, 4.69) is 6.92 Å². The molecule has 0 aliphatic heterocycles. The van der Waals surface area contributed by atoms with E-state index in [0.717, 1.165) is 12.0 Å². The monoisotopic (exact) mass is 255 g/mol. The van der Waals surface area contributed by atoms with E-state index in [1.807, 2.05) is 24.3 Å². The summed E-state index contributed by atoms with van der Waals surface area (Å²) in [6.45, 7) is 2.07. The minimum atomic E-state index is -0.503. The number of aldehydes is 1. The maximum atomic E-state index is 11.1. The number of aryl methyl sites for hydroxylation is 1. The second kappa shape index (κ2) is 5.44. The third-order valence-corrected chi connectivity index (χ3v) is 3.05. The van der Waals surface area contributed by atoms with Gasteiger partial charge in [-0.3, -0.25) is 14.9 Å². The molecule has 0 spiro atoms. The number of carbonyl (C=O) groups excluding carboxylic acids is 1. The molecule has 0 saturated carbocycles. The van der Waals surface area contributed by atoms with Gasteiger partial charge in [0.25, 0.3) is 5.69 Å². The smallest absolute Gasteiger partial charge is 0.270 e. The second-order valence-electron chi connectivity index (χ2n) is 4.20. The lowest BCUT2D eigenvalue weighted by Crippen LogP contribution is -1.93. The van der Waals surface area contributed by atoms with Gasteiger partial charge < -0.3 is 0 Å². The summed E-state index contributed by atoms with van der Waals surface area (Å²) in [5.41, 5.74) is 3.06. The SMILES string of the molecule is CCc1ccc(-c2ccc([N+](=O)[O-])cc2C=O)cc1. The fraction of sp³-hybridized carbons (Fsp3) is 0.133. The van der Waals surface area contributed by atoms with Crippen LogP contribution in [0.25, 0.3) is 11.1 Å². The van der Waals surface area contributed by atoms with Gasteiger partial charge in [0.05, 0.1) is 4.92 Å². The van der Waals surface area contributed by atoms with Crippen molar-refractivity contribution in [1.29, 1.82) is 0 Å². The summed E-state index contributed by atoms with van der Waals surface area (Å²) in [4.78, 5) is 21.3. The Bertz CT molecular complexity index is 618. The molecule has 0 amide bonds. The van der Waals surface area contributed by atoms with E-state index in [-0.39, 0.29) is 5.69 Å². The molecule has 0 aliphatic rings. The largest absolute Gasteiger partial charge is 0.298 e. The summed E-state index contributed by atoms with van der Waals surface area (Å²) < 4.78 is 0. The van der Waals surface area contributed by atoms with Crippen LogP contribution < -0.4 is 0 Å². The van der Waals surface area contributed by atoms with Gasteiger partial charge in [0, 0.05) is 17.7 Å². The molecule has 2 aromatic carbocycles. The van der Waals surface area contributed by atoms with Crippen LogP contribution in [-0.2, 0) is 6.42 Å². The van der Waals surface area contributed by atoms with Gasteiger partial charge in [-0.1, -0.05) is 31.2 Å². The lowest BCUT2D eigenvalue weighted by Gasteiger charge is -2.06. The minimum absolute atomic E-state index is 0.0731. The summed E-state index contributed by atoms with van der Waals surface area (Å²) in [5, 5.41) is 10.7. The van der Waals surface area contributed by atoms with Crippen molar-refractivity contribution in [3.05, 3.63) is 63.7 Å². The fourth-order valence-electron chi connectivity index (χ4n) is 1.94. The van der Waals surface area contributed by atoms with Crippen molar-refractivity contribution in [2.75, 3.05) is 0 Å². The summed E-state index contributed by atoms with van der Waals surface area (Å²) in [6.07, 6.45) is 1.59. The second-order valence-corrected chi connectivity index (χ2v) is 4.20. The minimum Gasteiger partial charge on any atom is -0.298 e. The number of hydrogen-bond acceptors (Lipinski definition) is 3. The predicted molar refractivity (Wildman–Crippen MR) is 73.3 cm³/mol. The fourth-order valence-corrected chi connectivity index (χ4v) is 1.94. The Morgan fingerprint density at radius 1 is 1.16 bits per heavy atom. The Morgan fingerprint density at radius 3 is 2.37 bits per heavy atom. The zero-order valence-corrected chi connectivity index (χ0v) is 10.5. The average Bonchev–Trinajstić information content (AvgIpc) is 2.46. The molecule has 96 valence electrons. The van der Waals surface area contributed by atoms with Gasteiger partial charge in [0.15, 0.2) is 6.29 Å². The zero-order chi connectivity index (χ0) is 13.8. The molecular weight excluding hydrogens is 242 g/mol. The van der Waals surface area contributed by atoms with Gasteiger partial charge >= 0.3 is 0 Å². The number of hydrogen-bond donors (Lipinski definition) is 0.